The predicted molar refractivity (Wildman–Crippen MR) is 82.3 cm³/mol. The van der Waals surface area contributed by atoms with Crippen LogP contribution in [0.25, 0.3) is 5.82 Å². The topological polar surface area (TPSA) is 94.8 Å². The summed E-state index contributed by atoms with van der Waals surface area (Å²) in [6.45, 7) is 1.73. The lowest BCUT2D eigenvalue weighted by Gasteiger charge is -2.08. The molecule has 3 heterocycles. The zero-order valence-electron chi connectivity index (χ0n) is 12.4. The van der Waals surface area contributed by atoms with Crippen LogP contribution in [0.2, 0.25) is 0 Å². The molecule has 8 nitrogen and oxygen atoms in total. The normalized spacial score (nSPS) is 10.3. The van der Waals surface area contributed by atoms with E-state index >= 15 is 0 Å². The number of rotatable bonds is 5. The van der Waals surface area contributed by atoms with Gasteiger partial charge in [-0.25, -0.2) is 15.0 Å². The summed E-state index contributed by atoms with van der Waals surface area (Å²) in [6.07, 6.45) is 8.02. The van der Waals surface area contributed by atoms with Gasteiger partial charge in [0.15, 0.2) is 6.61 Å². The Hall–Kier alpha value is -3.29. The van der Waals surface area contributed by atoms with Crippen molar-refractivity contribution < 1.29 is 9.53 Å². The second kappa shape index (κ2) is 6.65. The molecule has 0 atom stereocenters. The Morgan fingerprint density at radius 3 is 2.96 bits per heavy atom. The summed E-state index contributed by atoms with van der Waals surface area (Å²) in [4.78, 5) is 28.2. The first kappa shape index (κ1) is 14.6. The summed E-state index contributed by atoms with van der Waals surface area (Å²) in [5.41, 5.74) is 0. The average molecular weight is 310 g/mol. The Morgan fingerprint density at radius 1 is 1.30 bits per heavy atom. The highest BCUT2D eigenvalue weighted by Gasteiger charge is 2.08. The second-order valence-electron chi connectivity index (χ2n) is 4.63. The molecule has 1 amide bonds. The van der Waals surface area contributed by atoms with Gasteiger partial charge in [0.05, 0.1) is 6.20 Å². The van der Waals surface area contributed by atoms with Gasteiger partial charge >= 0.3 is 0 Å². The number of aryl methyl sites for hydroxylation is 1. The number of nitrogens with zero attached hydrogens (tertiary/aromatic N) is 5. The minimum absolute atomic E-state index is 0.130. The third kappa shape index (κ3) is 3.67. The highest BCUT2D eigenvalue weighted by atomic mass is 16.5. The van der Waals surface area contributed by atoms with Crippen LogP contribution in [0, 0.1) is 6.92 Å². The standard InChI is InChI=1S/C15H14N6O2/c1-11-17-5-6-21(11)14-7-13(18-10-19-14)20-15(22)9-23-12-3-2-4-16-8-12/h2-8,10H,9H2,1H3,(H,18,19,20,22). The first-order valence-electron chi connectivity index (χ1n) is 6.87. The second-order valence-corrected chi connectivity index (χ2v) is 4.63. The number of imidazole rings is 1. The maximum atomic E-state index is 11.9. The molecule has 1 N–H and O–H groups in total. The van der Waals surface area contributed by atoms with Crippen molar-refractivity contribution in [1.29, 1.82) is 0 Å². The maximum absolute atomic E-state index is 11.9. The molecule has 23 heavy (non-hydrogen) atoms. The summed E-state index contributed by atoms with van der Waals surface area (Å²) >= 11 is 0. The zero-order valence-corrected chi connectivity index (χ0v) is 12.4. The van der Waals surface area contributed by atoms with E-state index in [0.29, 0.717) is 17.4 Å². The number of anilines is 1. The molecule has 0 aliphatic carbocycles. The molecule has 8 heteroatoms. The molecule has 0 aliphatic heterocycles. The Kier molecular flexibility index (Phi) is 4.23. The summed E-state index contributed by atoms with van der Waals surface area (Å²) < 4.78 is 7.12. The van der Waals surface area contributed by atoms with E-state index in [1.807, 2.05) is 6.92 Å². The van der Waals surface area contributed by atoms with E-state index in [9.17, 15) is 4.79 Å². The number of amides is 1. The fourth-order valence-corrected chi connectivity index (χ4v) is 1.93. The van der Waals surface area contributed by atoms with Gasteiger partial charge in [-0.05, 0) is 19.1 Å². The molecule has 0 saturated heterocycles. The van der Waals surface area contributed by atoms with Crippen LogP contribution in [0.3, 0.4) is 0 Å². The monoisotopic (exact) mass is 310 g/mol. The molecule has 0 aromatic carbocycles. The predicted octanol–water partition coefficient (Wildman–Crippen LogP) is 1.38. The van der Waals surface area contributed by atoms with Crippen LogP contribution in [-0.4, -0.2) is 37.0 Å². The van der Waals surface area contributed by atoms with E-state index in [0.717, 1.165) is 5.82 Å². The summed E-state index contributed by atoms with van der Waals surface area (Å²) in [7, 11) is 0. The zero-order chi connectivity index (χ0) is 16.1. The first-order valence-corrected chi connectivity index (χ1v) is 6.87. The minimum atomic E-state index is -0.319. The lowest BCUT2D eigenvalue weighted by molar-refractivity contribution is -0.118. The Bertz CT molecular complexity index is 802. The summed E-state index contributed by atoms with van der Waals surface area (Å²) in [5, 5.41) is 2.66. The van der Waals surface area contributed by atoms with Gasteiger partial charge in [-0.3, -0.25) is 14.3 Å². The Labute approximate surface area is 132 Å². The molecular formula is C15H14N6O2. The molecule has 0 saturated carbocycles. The SMILES string of the molecule is Cc1nccn1-c1cc(NC(=O)COc2cccnc2)ncn1. The lowest BCUT2D eigenvalue weighted by atomic mass is 10.4. The van der Waals surface area contributed by atoms with Crippen LogP contribution in [0.1, 0.15) is 5.82 Å². The van der Waals surface area contributed by atoms with Crippen molar-refractivity contribution in [2.75, 3.05) is 11.9 Å². The molecule has 116 valence electrons. The van der Waals surface area contributed by atoms with Crippen LogP contribution < -0.4 is 10.1 Å². The van der Waals surface area contributed by atoms with E-state index in [1.165, 1.54) is 12.5 Å². The van der Waals surface area contributed by atoms with Crippen LogP contribution in [0.5, 0.6) is 5.75 Å². The van der Waals surface area contributed by atoms with Gasteiger partial charge in [0.25, 0.3) is 5.91 Å². The lowest BCUT2D eigenvalue weighted by Crippen LogP contribution is -2.21. The molecule has 3 aromatic rings. The van der Waals surface area contributed by atoms with E-state index in [4.69, 9.17) is 4.74 Å². The minimum Gasteiger partial charge on any atom is -0.482 e. The Morgan fingerprint density at radius 2 is 2.22 bits per heavy atom. The van der Waals surface area contributed by atoms with Gasteiger partial charge in [0.2, 0.25) is 0 Å². The molecule has 0 spiro atoms. The van der Waals surface area contributed by atoms with Crippen molar-refractivity contribution in [3.8, 4) is 11.6 Å². The van der Waals surface area contributed by atoms with Gasteiger partial charge in [-0.2, -0.15) is 0 Å². The van der Waals surface area contributed by atoms with Crippen molar-refractivity contribution in [2.24, 2.45) is 0 Å². The van der Waals surface area contributed by atoms with Crippen LogP contribution in [0.15, 0.2) is 49.3 Å². The fraction of sp³-hybridized carbons (Fsp3) is 0.133. The largest absolute Gasteiger partial charge is 0.482 e. The molecule has 0 unspecified atom stereocenters. The van der Waals surface area contributed by atoms with E-state index in [1.54, 1.807) is 41.4 Å². The first-order chi connectivity index (χ1) is 11.2. The van der Waals surface area contributed by atoms with Crippen LogP contribution in [0.4, 0.5) is 5.82 Å². The van der Waals surface area contributed by atoms with E-state index in [2.05, 4.69) is 25.3 Å². The van der Waals surface area contributed by atoms with Crippen LogP contribution in [-0.2, 0) is 4.79 Å². The van der Waals surface area contributed by atoms with Crippen LogP contribution >= 0.6 is 0 Å². The number of hydrogen-bond acceptors (Lipinski definition) is 6. The smallest absolute Gasteiger partial charge is 0.263 e. The number of carbonyl (C=O) groups is 1. The number of carbonyl (C=O) groups excluding carboxylic acids is 1. The highest BCUT2D eigenvalue weighted by molar-refractivity contribution is 5.91. The highest BCUT2D eigenvalue weighted by Crippen LogP contribution is 2.11. The Balaban J connectivity index is 1.64. The van der Waals surface area contributed by atoms with Crippen molar-refractivity contribution >= 4 is 11.7 Å². The fourth-order valence-electron chi connectivity index (χ4n) is 1.93. The van der Waals surface area contributed by atoms with Crippen molar-refractivity contribution in [3.63, 3.8) is 0 Å². The van der Waals surface area contributed by atoms with Gasteiger partial charge in [-0.15, -0.1) is 0 Å². The molecule has 3 aromatic heterocycles. The van der Waals surface area contributed by atoms with Gasteiger partial charge < -0.3 is 10.1 Å². The van der Waals surface area contributed by atoms with Gasteiger partial charge in [0, 0.05) is 24.7 Å². The van der Waals surface area contributed by atoms with E-state index < -0.39 is 0 Å². The van der Waals surface area contributed by atoms with Crippen molar-refractivity contribution in [3.05, 3.63) is 55.1 Å². The molecule has 0 radical (unpaired) electrons. The van der Waals surface area contributed by atoms with Crippen molar-refractivity contribution in [2.45, 2.75) is 6.92 Å². The summed E-state index contributed by atoms with van der Waals surface area (Å²) in [6, 6.07) is 5.12. The number of nitrogens with one attached hydrogen (secondary N) is 1. The third-order valence-electron chi connectivity index (χ3n) is 3.00. The molecule has 0 fully saturated rings. The molecule has 0 aliphatic rings. The van der Waals surface area contributed by atoms with Gasteiger partial charge in [0.1, 0.15) is 29.5 Å². The number of pyridine rings is 1. The number of aromatic nitrogens is 5. The molecule has 0 bridgehead atoms. The molecule has 3 rings (SSSR count). The number of ether oxygens (including phenoxy) is 1. The van der Waals surface area contributed by atoms with Crippen molar-refractivity contribution in [1.82, 2.24) is 24.5 Å². The van der Waals surface area contributed by atoms with E-state index in [-0.39, 0.29) is 12.5 Å². The van der Waals surface area contributed by atoms with Gasteiger partial charge in [-0.1, -0.05) is 0 Å². The third-order valence-corrected chi connectivity index (χ3v) is 3.00. The molecular weight excluding hydrogens is 296 g/mol. The maximum Gasteiger partial charge on any atom is 0.263 e. The number of hydrogen-bond donors (Lipinski definition) is 1. The average Bonchev–Trinajstić information content (AvgIpc) is 3.00. The quantitative estimate of drug-likeness (QED) is 0.765. The summed E-state index contributed by atoms with van der Waals surface area (Å²) in [5.74, 6) is 2.02.